The van der Waals surface area contributed by atoms with Crippen LogP contribution in [0.25, 0.3) is 11.0 Å². The molecule has 0 radical (unpaired) electrons. The molecule has 0 bridgehead atoms. The van der Waals surface area contributed by atoms with Crippen molar-refractivity contribution >= 4 is 22.6 Å². The molecule has 2 atom stereocenters. The molecule has 1 N–H and O–H groups in total. The van der Waals surface area contributed by atoms with Crippen LogP contribution < -0.4 is 9.64 Å². The number of rotatable bonds is 7. The highest BCUT2D eigenvalue weighted by molar-refractivity contribution is 5.96. The van der Waals surface area contributed by atoms with E-state index in [0.29, 0.717) is 19.5 Å². The molecule has 1 fully saturated rings. The van der Waals surface area contributed by atoms with Crippen molar-refractivity contribution in [3.63, 3.8) is 0 Å². The average molecular weight is 470 g/mol. The Morgan fingerprint density at radius 2 is 1.77 bits per heavy atom. The fourth-order valence-corrected chi connectivity index (χ4v) is 4.99. The van der Waals surface area contributed by atoms with Gasteiger partial charge < -0.3 is 19.3 Å². The van der Waals surface area contributed by atoms with E-state index in [1.807, 2.05) is 92.4 Å². The van der Waals surface area contributed by atoms with Crippen LogP contribution in [-0.2, 0) is 11.3 Å². The average Bonchev–Trinajstić information content (AvgIpc) is 3.39. The van der Waals surface area contributed by atoms with E-state index in [4.69, 9.17) is 9.72 Å². The number of aromatic nitrogens is 2. The van der Waals surface area contributed by atoms with Crippen LogP contribution in [0, 0.1) is 20.8 Å². The summed E-state index contributed by atoms with van der Waals surface area (Å²) in [5.41, 5.74) is 5.96. The molecule has 2 heterocycles. The lowest BCUT2D eigenvalue weighted by Crippen LogP contribution is -2.26. The maximum atomic E-state index is 13.0. The number of hydrogen-bond acceptors (Lipinski definition) is 4. The van der Waals surface area contributed by atoms with Gasteiger partial charge >= 0.3 is 0 Å². The number of aliphatic hydroxyl groups excluding tert-OH is 1. The first kappa shape index (κ1) is 23.1. The first-order valence-corrected chi connectivity index (χ1v) is 12.1. The summed E-state index contributed by atoms with van der Waals surface area (Å²) in [7, 11) is 0. The lowest BCUT2D eigenvalue weighted by atomic mass is 10.1. The summed E-state index contributed by atoms with van der Waals surface area (Å²) < 4.78 is 8.07. The maximum Gasteiger partial charge on any atom is 0.227 e. The van der Waals surface area contributed by atoms with Gasteiger partial charge in [-0.15, -0.1) is 0 Å². The molecule has 4 aromatic rings. The molecular weight excluding hydrogens is 438 g/mol. The van der Waals surface area contributed by atoms with Crippen molar-refractivity contribution in [1.82, 2.24) is 9.55 Å². The minimum atomic E-state index is -0.727. The number of carbonyl (C=O) groups is 1. The molecule has 35 heavy (non-hydrogen) atoms. The number of ether oxygens (including phenoxy) is 1. The van der Waals surface area contributed by atoms with Gasteiger partial charge in [0.2, 0.25) is 5.91 Å². The predicted molar refractivity (Wildman–Crippen MR) is 138 cm³/mol. The lowest BCUT2D eigenvalue weighted by Gasteiger charge is -2.20. The van der Waals surface area contributed by atoms with Crippen molar-refractivity contribution < 1.29 is 14.6 Å². The first-order valence-electron chi connectivity index (χ1n) is 12.1. The molecule has 5 rings (SSSR count). The Kier molecular flexibility index (Phi) is 6.31. The predicted octanol–water partition coefficient (Wildman–Crippen LogP) is 4.92. The van der Waals surface area contributed by atoms with Crippen LogP contribution >= 0.6 is 0 Å². The summed E-state index contributed by atoms with van der Waals surface area (Å²) in [6.45, 7) is 7.14. The molecule has 0 saturated carbocycles. The van der Waals surface area contributed by atoms with Crippen LogP contribution in [0.2, 0.25) is 0 Å². The van der Waals surface area contributed by atoms with E-state index in [-0.39, 0.29) is 18.4 Å². The standard InChI is InChI=1S/C29H31N3O3/c1-19-8-6-11-23(14-19)31-16-22(15-27(31)34)29-30-25-12-4-5-13-26(25)32(29)17-24(33)18-35-28-20(2)9-7-10-21(28)3/h4-14,22,24,33H,15-18H2,1-3H3. The van der Waals surface area contributed by atoms with Crippen LogP contribution in [0.15, 0.2) is 66.7 Å². The van der Waals surface area contributed by atoms with Gasteiger partial charge in [0.15, 0.2) is 0 Å². The van der Waals surface area contributed by atoms with Gasteiger partial charge in [-0.05, 0) is 61.7 Å². The molecule has 0 spiro atoms. The molecule has 1 saturated heterocycles. The van der Waals surface area contributed by atoms with E-state index in [1.165, 1.54) is 0 Å². The number of nitrogens with zero attached hydrogens (tertiary/aromatic N) is 3. The molecule has 6 heteroatoms. The van der Waals surface area contributed by atoms with E-state index >= 15 is 0 Å². The Labute approximate surface area is 205 Å². The molecular formula is C29H31N3O3. The highest BCUT2D eigenvalue weighted by Gasteiger charge is 2.35. The van der Waals surface area contributed by atoms with Crippen molar-refractivity contribution in [2.75, 3.05) is 18.1 Å². The number of benzene rings is 3. The van der Waals surface area contributed by atoms with E-state index in [2.05, 4.69) is 4.57 Å². The van der Waals surface area contributed by atoms with Crippen molar-refractivity contribution in [2.45, 2.75) is 45.8 Å². The van der Waals surface area contributed by atoms with Crippen LogP contribution in [0.3, 0.4) is 0 Å². The Balaban J connectivity index is 1.39. The third-order valence-corrected chi connectivity index (χ3v) is 6.71. The molecule has 1 aromatic heterocycles. The van der Waals surface area contributed by atoms with E-state index in [1.54, 1.807) is 0 Å². The van der Waals surface area contributed by atoms with E-state index < -0.39 is 6.10 Å². The van der Waals surface area contributed by atoms with Crippen molar-refractivity contribution in [3.05, 3.63) is 89.2 Å². The van der Waals surface area contributed by atoms with Gasteiger partial charge in [0.05, 0.1) is 17.6 Å². The Morgan fingerprint density at radius 3 is 2.54 bits per heavy atom. The molecule has 1 aliphatic heterocycles. The molecule has 1 amide bonds. The maximum absolute atomic E-state index is 13.0. The number of aliphatic hydroxyl groups is 1. The minimum Gasteiger partial charge on any atom is -0.490 e. The van der Waals surface area contributed by atoms with E-state index in [9.17, 15) is 9.90 Å². The van der Waals surface area contributed by atoms with Gasteiger partial charge in [-0.2, -0.15) is 0 Å². The molecule has 6 nitrogen and oxygen atoms in total. The second kappa shape index (κ2) is 9.55. The second-order valence-electron chi connectivity index (χ2n) is 9.50. The molecule has 2 unspecified atom stereocenters. The highest BCUT2D eigenvalue weighted by atomic mass is 16.5. The number of hydrogen-bond donors (Lipinski definition) is 1. The van der Waals surface area contributed by atoms with Gasteiger partial charge in [0.1, 0.15) is 24.3 Å². The van der Waals surface area contributed by atoms with Crippen LogP contribution in [0.5, 0.6) is 5.75 Å². The lowest BCUT2D eigenvalue weighted by molar-refractivity contribution is -0.117. The number of fused-ring (bicyclic) bond motifs is 1. The molecule has 1 aliphatic rings. The fraction of sp³-hybridized carbons (Fsp3) is 0.310. The smallest absolute Gasteiger partial charge is 0.227 e. The zero-order chi connectivity index (χ0) is 24.5. The number of para-hydroxylation sites is 3. The Morgan fingerprint density at radius 1 is 1.03 bits per heavy atom. The van der Waals surface area contributed by atoms with Gasteiger partial charge in [-0.25, -0.2) is 4.98 Å². The Hall–Kier alpha value is -3.64. The zero-order valence-corrected chi connectivity index (χ0v) is 20.4. The number of anilines is 1. The SMILES string of the molecule is Cc1cccc(N2CC(c3nc4ccccc4n3CC(O)COc3c(C)cccc3C)CC2=O)c1. The summed E-state index contributed by atoms with van der Waals surface area (Å²) in [5.74, 6) is 1.69. The van der Waals surface area contributed by atoms with Gasteiger partial charge in [0, 0.05) is 24.6 Å². The quantitative estimate of drug-likeness (QED) is 0.417. The van der Waals surface area contributed by atoms with Gasteiger partial charge in [0.25, 0.3) is 0 Å². The number of aryl methyl sites for hydroxylation is 3. The summed E-state index contributed by atoms with van der Waals surface area (Å²) in [4.78, 5) is 19.7. The van der Waals surface area contributed by atoms with Crippen LogP contribution in [0.1, 0.15) is 34.9 Å². The normalized spacial score (nSPS) is 16.7. The number of carbonyl (C=O) groups excluding carboxylic acids is 1. The molecule has 3 aromatic carbocycles. The summed E-state index contributed by atoms with van der Waals surface area (Å²) in [5, 5.41) is 11.0. The zero-order valence-electron chi connectivity index (χ0n) is 20.4. The monoisotopic (exact) mass is 469 g/mol. The third kappa shape index (κ3) is 4.66. The molecule has 0 aliphatic carbocycles. The highest BCUT2D eigenvalue weighted by Crippen LogP contribution is 2.33. The minimum absolute atomic E-state index is 0.0536. The summed E-state index contributed by atoms with van der Waals surface area (Å²) in [6.07, 6.45) is -0.331. The number of imidazole rings is 1. The van der Waals surface area contributed by atoms with Crippen molar-refractivity contribution in [2.24, 2.45) is 0 Å². The van der Waals surface area contributed by atoms with Crippen LogP contribution in [0.4, 0.5) is 5.69 Å². The topological polar surface area (TPSA) is 67.6 Å². The second-order valence-corrected chi connectivity index (χ2v) is 9.50. The first-order chi connectivity index (χ1) is 16.9. The molecule has 180 valence electrons. The van der Waals surface area contributed by atoms with E-state index in [0.717, 1.165) is 45.0 Å². The summed E-state index contributed by atoms with van der Waals surface area (Å²) >= 11 is 0. The fourth-order valence-electron chi connectivity index (χ4n) is 4.99. The van der Waals surface area contributed by atoms with Crippen LogP contribution in [-0.4, -0.2) is 39.8 Å². The number of amides is 1. The third-order valence-electron chi connectivity index (χ3n) is 6.71. The van der Waals surface area contributed by atoms with Crippen molar-refractivity contribution in [3.8, 4) is 5.75 Å². The van der Waals surface area contributed by atoms with Crippen molar-refractivity contribution in [1.29, 1.82) is 0 Å². The largest absolute Gasteiger partial charge is 0.490 e. The van der Waals surface area contributed by atoms with Gasteiger partial charge in [-0.3, -0.25) is 4.79 Å². The van der Waals surface area contributed by atoms with Gasteiger partial charge in [-0.1, -0.05) is 42.5 Å². The Bertz CT molecular complexity index is 1360. The summed E-state index contributed by atoms with van der Waals surface area (Å²) in [6, 6.07) is 22.0.